The van der Waals surface area contributed by atoms with Gasteiger partial charge in [0.25, 0.3) is 0 Å². The first-order chi connectivity index (χ1) is 9.06. The van der Waals surface area contributed by atoms with Gasteiger partial charge in [-0.15, -0.1) is 0 Å². The number of aryl methyl sites for hydroxylation is 1. The highest BCUT2D eigenvalue weighted by Gasteiger charge is 2.19. The maximum Gasteiger partial charge on any atom is 0.248 e. The van der Waals surface area contributed by atoms with Crippen LogP contribution in [0, 0.1) is 6.92 Å². The largest absolute Gasteiger partial charge is 0.374 e. The Morgan fingerprint density at radius 3 is 2.58 bits per heavy atom. The summed E-state index contributed by atoms with van der Waals surface area (Å²) in [5, 5.41) is 0. The number of hydrogen-bond donors (Lipinski definition) is 2. The van der Waals surface area contributed by atoms with E-state index in [1.54, 1.807) is 6.07 Å². The number of primary amides is 1. The molecule has 0 aromatic heterocycles. The first-order valence-corrected chi connectivity index (χ1v) is 6.83. The summed E-state index contributed by atoms with van der Waals surface area (Å²) < 4.78 is 5.93. The molecule has 2 rings (SSSR count). The molecular weight excluding hydrogens is 240 g/mol. The number of hydrogen-bond acceptors (Lipinski definition) is 3. The summed E-state index contributed by atoms with van der Waals surface area (Å²) in [7, 11) is 0. The molecule has 0 radical (unpaired) electrons. The van der Waals surface area contributed by atoms with Crippen LogP contribution in [0.2, 0.25) is 0 Å². The van der Waals surface area contributed by atoms with Crippen LogP contribution < -0.4 is 11.5 Å². The Kier molecular flexibility index (Phi) is 4.56. The Bertz CT molecular complexity index is 451. The van der Waals surface area contributed by atoms with E-state index >= 15 is 0 Å². The fraction of sp³-hybridized carbons (Fsp3) is 0.533. The molecule has 1 aromatic carbocycles. The number of rotatable bonds is 4. The van der Waals surface area contributed by atoms with E-state index in [-0.39, 0.29) is 0 Å². The third-order valence-electron chi connectivity index (χ3n) is 3.82. The Labute approximate surface area is 114 Å². The number of amides is 1. The molecule has 4 heteroatoms. The predicted octanol–water partition coefficient (Wildman–Crippen LogP) is 1.88. The van der Waals surface area contributed by atoms with Crippen molar-refractivity contribution in [2.45, 2.75) is 51.4 Å². The number of benzene rings is 1. The van der Waals surface area contributed by atoms with Crippen LogP contribution in [0.5, 0.6) is 0 Å². The lowest BCUT2D eigenvalue weighted by Gasteiger charge is -2.26. The van der Waals surface area contributed by atoms with Crippen LogP contribution in [0.3, 0.4) is 0 Å². The maximum atomic E-state index is 11.1. The van der Waals surface area contributed by atoms with E-state index in [0.29, 0.717) is 24.3 Å². The second-order valence-electron chi connectivity index (χ2n) is 5.35. The minimum Gasteiger partial charge on any atom is -0.374 e. The van der Waals surface area contributed by atoms with Gasteiger partial charge in [0, 0.05) is 11.6 Å². The van der Waals surface area contributed by atoms with Crippen molar-refractivity contribution in [1.82, 2.24) is 0 Å². The van der Waals surface area contributed by atoms with Crippen LogP contribution >= 0.6 is 0 Å². The summed E-state index contributed by atoms with van der Waals surface area (Å²) in [6.07, 6.45) is 4.49. The van der Waals surface area contributed by atoms with Crippen LogP contribution in [0.1, 0.15) is 47.2 Å². The molecule has 0 atom stereocenters. The molecule has 4 N–H and O–H groups in total. The van der Waals surface area contributed by atoms with Crippen LogP contribution in [0.15, 0.2) is 18.2 Å². The van der Waals surface area contributed by atoms with Gasteiger partial charge in [-0.1, -0.05) is 6.07 Å². The first-order valence-electron chi connectivity index (χ1n) is 6.83. The standard InChI is InChI=1S/C15H22N2O2/c1-10-8-11(15(17)18)2-3-12(10)9-19-14-6-4-13(16)5-7-14/h2-3,8,13-14H,4-7,9,16H2,1H3,(H2,17,18). The van der Waals surface area contributed by atoms with Gasteiger partial charge < -0.3 is 16.2 Å². The van der Waals surface area contributed by atoms with Gasteiger partial charge in [0.1, 0.15) is 0 Å². The average molecular weight is 262 g/mol. The molecule has 4 nitrogen and oxygen atoms in total. The predicted molar refractivity (Wildman–Crippen MR) is 74.7 cm³/mol. The lowest BCUT2D eigenvalue weighted by atomic mass is 9.93. The second kappa shape index (κ2) is 6.17. The topological polar surface area (TPSA) is 78.3 Å². The summed E-state index contributed by atoms with van der Waals surface area (Å²) in [6.45, 7) is 2.56. The lowest BCUT2D eigenvalue weighted by molar-refractivity contribution is 0.0136. The zero-order valence-electron chi connectivity index (χ0n) is 11.4. The second-order valence-corrected chi connectivity index (χ2v) is 5.35. The monoisotopic (exact) mass is 262 g/mol. The minimum atomic E-state index is -0.392. The van der Waals surface area contributed by atoms with Crippen molar-refractivity contribution in [3.05, 3.63) is 34.9 Å². The van der Waals surface area contributed by atoms with Gasteiger partial charge in [-0.05, 0) is 55.9 Å². The van der Waals surface area contributed by atoms with Gasteiger partial charge >= 0.3 is 0 Å². The Morgan fingerprint density at radius 1 is 1.32 bits per heavy atom. The van der Waals surface area contributed by atoms with Crippen LogP contribution in [0.4, 0.5) is 0 Å². The molecule has 0 aliphatic heterocycles. The summed E-state index contributed by atoms with van der Waals surface area (Å²) in [6, 6.07) is 5.84. The number of carbonyl (C=O) groups is 1. The molecule has 0 unspecified atom stereocenters. The van der Waals surface area contributed by atoms with Crippen molar-refractivity contribution in [2.24, 2.45) is 11.5 Å². The number of ether oxygens (including phenoxy) is 1. The third-order valence-corrected chi connectivity index (χ3v) is 3.82. The highest BCUT2D eigenvalue weighted by Crippen LogP contribution is 2.22. The highest BCUT2D eigenvalue weighted by molar-refractivity contribution is 5.93. The summed E-state index contributed by atoms with van der Waals surface area (Å²) in [5.74, 6) is -0.392. The lowest BCUT2D eigenvalue weighted by Crippen LogP contribution is -2.30. The van der Waals surface area contributed by atoms with Crippen LogP contribution in [-0.2, 0) is 11.3 Å². The van der Waals surface area contributed by atoms with E-state index in [1.165, 1.54) is 0 Å². The quantitative estimate of drug-likeness (QED) is 0.869. The smallest absolute Gasteiger partial charge is 0.248 e. The van der Waals surface area contributed by atoms with Gasteiger partial charge in [-0.2, -0.15) is 0 Å². The van der Waals surface area contributed by atoms with Gasteiger partial charge in [0.2, 0.25) is 5.91 Å². The molecule has 104 valence electrons. The molecule has 0 spiro atoms. The van der Waals surface area contributed by atoms with Crippen molar-refractivity contribution in [3.63, 3.8) is 0 Å². The van der Waals surface area contributed by atoms with Gasteiger partial charge in [0.05, 0.1) is 12.7 Å². The Balaban J connectivity index is 1.91. The van der Waals surface area contributed by atoms with Gasteiger partial charge in [-0.3, -0.25) is 4.79 Å². The Morgan fingerprint density at radius 2 is 2.00 bits per heavy atom. The normalized spacial score (nSPS) is 23.3. The van der Waals surface area contributed by atoms with E-state index in [9.17, 15) is 4.79 Å². The molecular formula is C15H22N2O2. The molecule has 19 heavy (non-hydrogen) atoms. The number of carbonyl (C=O) groups excluding carboxylic acids is 1. The summed E-state index contributed by atoms with van der Waals surface area (Å²) >= 11 is 0. The molecule has 1 amide bonds. The van der Waals surface area contributed by atoms with Crippen LogP contribution in [0.25, 0.3) is 0 Å². The van der Waals surface area contributed by atoms with E-state index in [4.69, 9.17) is 16.2 Å². The zero-order chi connectivity index (χ0) is 13.8. The van der Waals surface area contributed by atoms with Crippen molar-refractivity contribution in [3.8, 4) is 0 Å². The molecule has 0 saturated heterocycles. The van der Waals surface area contributed by atoms with Gasteiger partial charge in [-0.25, -0.2) is 0 Å². The SMILES string of the molecule is Cc1cc(C(N)=O)ccc1COC1CCC(N)CC1. The third kappa shape index (κ3) is 3.78. The highest BCUT2D eigenvalue weighted by atomic mass is 16.5. The molecule has 1 fully saturated rings. The van der Waals surface area contributed by atoms with E-state index in [1.807, 2.05) is 19.1 Å². The molecule has 1 aliphatic carbocycles. The first kappa shape index (κ1) is 14.0. The summed E-state index contributed by atoms with van der Waals surface area (Å²) in [5.41, 5.74) is 13.8. The zero-order valence-corrected chi connectivity index (χ0v) is 11.4. The molecule has 1 aliphatic rings. The fourth-order valence-electron chi connectivity index (χ4n) is 2.47. The van der Waals surface area contributed by atoms with Crippen molar-refractivity contribution in [1.29, 1.82) is 0 Å². The van der Waals surface area contributed by atoms with E-state index in [0.717, 1.165) is 36.8 Å². The van der Waals surface area contributed by atoms with Gasteiger partial charge in [0.15, 0.2) is 0 Å². The van der Waals surface area contributed by atoms with Crippen molar-refractivity contribution >= 4 is 5.91 Å². The Hall–Kier alpha value is -1.39. The molecule has 0 heterocycles. The van der Waals surface area contributed by atoms with Crippen molar-refractivity contribution < 1.29 is 9.53 Å². The minimum absolute atomic E-state index is 0.315. The summed E-state index contributed by atoms with van der Waals surface area (Å²) in [4.78, 5) is 11.1. The fourth-order valence-corrected chi connectivity index (χ4v) is 2.47. The molecule has 0 bridgehead atoms. The van der Waals surface area contributed by atoms with E-state index in [2.05, 4.69) is 0 Å². The van der Waals surface area contributed by atoms with Crippen LogP contribution in [-0.4, -0.2) is 18.1 Å². The average Bonchev–Trinajstić information content (AvgIpc) is 2.39. The molecule has 1 aromatic rings. The van der Waals surface area contributed by atoms with E-state index < -0.39 is 5.91 Å². The molecule has 1 saturated carbocycles. The maximum absolute atomic E-state index is 11.1. The van der Waals surface area contributed by atoms with Crippen molar-refractivity contribution in [2.75, 3.05) is 0 Å². The number of nitrogens with two attached hydrogens (primary N) is 2.